The fourth-order valence-electron chi connectivity index (χ4n) is 2.72. The van der Waals surface area contributed by atoms with Gasteiger partial charge in [-0.15, -0.1) is 5.10 Å². The zero-order chi connectivity index (χ0) is 17.4. The van der Waals surface area contributed by atoms with Gasteiger partial charge < -0.3 is 10.4 Å². The van der Waals surface area contributed by atoms with E-state index in [0.29, 0.717) is 23.9 Å². The number of hydrogen-bond donors (Lipinski definition) is 2. The molecule has 0 aliphatic heterocycles. The number of nitrogens with one attached hydrogen (secondary N) is 1. The summed E-state index contributed by atoms with van der Waals surface area (Å²) in [5.41, 5.74) is 1.22. The van der Waals surface area contributed by atoms with Crippen LogP contribution in [0.15, 0.2) is 0 Å². The average molecular weight is 373 g/mol. The highest BCUT2D eigenvalue weighted by Gasteiger charge is 2.20. The Morgan fingerprint density at radius 1 is 1.29 bits per heavy atom. The van der Waals surface area contributed by atoms with E-state index in [-0.39, 0.29) is 12.3 Å². The first-order valence-corrected chi connectivity index (χ1v) is 10.7. The maximum Gasteiger partial charge on any atom is 0.304 e. The molecule has 0 aromatic carbocycles. The molecule has 7 nitrogen and oxygen atoms in total. The summed E-state index contributed by atoms with van der Waals surface area (Å²) in [4.78, 5) is 22.6. The lowest BCUT2D eigenvalue weighted by atomic mass is 10.1. The lowest BCUT2D eigenvalue weighted by Gasteiger charge is -2.09. The highest BCUT2D eigenvalue weighted by Crippen LogP contribution is 2.26. The van der Waals surface area contributed by atoms with Gasteiger partial charge in [-0.2, -0.15) is 0 Å². The van der Waals surface area contributed by atoms with Crippen LogP contribution in [0.4, 0.5) is 0 Å². The number of carbonyl (C=O) groups excluding carboxylic acids is 1. The minimum atomic E-state index is -0.785. The topological polar surface area (TPSA) is 97.1 Å². The van der Waals surface area contributed by atoms with Crippen LogP contribution in [0.1, 0.15) is 48.3 Å². The summed E-state index contributed by atoms with van der Waals surface area (Å²) in [7, 11) is 3.07. The summed E-state index contributed by atoms with van der Waals surface area (Å²) in [6.07, 6.45) is 5.20. The molecule has 1 aliphatic carbocycles. The molecule has 1 aliphatic rings. The second-order valence-electron chi connectivity index (χ2n) is 5.90. The van der Waals surface area contributed by atoms with Crippen LogP contribution in [0.2, 0.25) is 0 Å². The van der Waals surface area contributed by atoms with E-state index in [1.165, 1.54) is 36.5 Å². The second-order valence-corrected chi connectivity index (χ2v) is 8.60. The predicted octanol–water partition coefficient (Wildman–Crippen LogP) is 2.36. The van der Waals surface area contributed by atoms with E-state index in [1.54, 1.807) is 10.8 Å². The zero-order valence-corrected chi connectivity index (χ0v) is 15.5. The van der Waals surface area contributed by atoms with E-state index in [1.807, 2.05) is 11.6 Å². The molecule has 1 aromatic heterocycles. The van der Waals surface area contributed by atoms with E-state index in [4.69, 9.17) is 5.11 Å². The van der Waals surface area contributed by atoms with Gasteiger partial charge in [0.15, 0.2) is 5.69 Å². The van der Waals surface area contributed by atoms with E-state index >= 15 is 0 Å². The van der Waals surface area contributed by atoms with E-state index in [2.05, 4.69) is 15.6 Å². The average Bonchev–Trinajstić information content (AvgIpc) is 3.17. The fraction of sp³-hybridized carbons (Fsp3) is 0.733. The van der Waals surface area contributed by atoms with Crippen LogP contribution in [0, 0.1) is 12.8 Å². The molecule has 1 amide bonds. The standard InChI is InChI=1S/C15H24N4O3S2/c1-11-14(17-18-19(11)10-12-4-2-3-5-12)15(22)16-7-9-24-23-8-6-13(20)21/h12H,2-10H2,1H3,(H,16,22)(H,20,21). The maximum absolute atomic E-state index is 12.2. The monoisotopic (exact) mass is 372 g/mol. The van der Waals surface area contributed by atoms with Crippen LogP contribution in [0.25, 0.3) is 0 Å². The summed E-state index contributed by atoms with van der Waals surface area (Å²) < 4.78 is 1.85. The Bertz CT molecular complexity index is 559. The SMILES string of the molecule is Cc1c(C(=O)NCCSSCCC(=O)O)nnn1CC1CCCC1. The van der Waals surface area contributed by atoms with Crippen molar-refractivity contribution < 1.29 is 14.7 Å². The Balaban J connectivity index is 1.68. The number of carbonyl (C=O) groups is 2. The molecule has 0 unspecified atom stereocenters. The lowest BCUT2D eigenvalue weighted by Crippen LogP contribution is -2.26. The quantitative estimate of drug-likeness (QED) is 0.481. The van der Waals surface area contributed by atoms with Gasteiger partial charge in [0.25, 0.3) is 5.91 Å². The number of rotatable bonds is 10. The minimum absolute atomic E-state index is 0.160. The van der Waals surface area contributed by atoms with Crippen LogP contribution in [0.3, 0.4) is 0 Å². The Hall–Kier alpha value is -1.22. The molecule has 0 radical (unpaired) electrons. The largest absolute Gasteiger partial charge is 0.481 e. The molecule has 134 valence electrons. The summed E-state index contributed by atoms with van der Waals surface area (Å²) >= 11 is 0. The van der Waals surface area contributed by atoms with Crippen molar-refractivity contribution in [3.63, 3.8) is 0 Å². The number of carboxylic acid groups (broad SMARTS) is 1. The molecule has 9 heteroatoms. The molecule has 0 bridgehead atoms. The van der Waals surface area contributed by atoms with Crippen molar-refractivity contribution in [3.8, 4) is 0 Å². The van der Waals surface area contributed by atoms with E-state index < -0.39 is 5.97 Å². The maximum atomic E-state index is 12.2. The molecule has 24 heavy (non-hydrogen) atoms. The first-order chi connectivity index (χ1) is 11.6. The van der Waals surface area contributed by atoms with Gasteiger partial charge in [-0.05, 0) is 25.7 Å². The molecule has 0 saturated heterocycles. The first kappa shape index (κ1) is 19.1. The molecule has 1 heterocycles. The minimum Gasteiger partial charge on any atom is -0.481 e. The smallest absolute Gasteiger partial charge is 0.304 e. The van der Waals surface area contributed by atoms with Gasteiger partial charge in [0.1, 0.15) is 0 Å². The van der Waals surface area contributed by atoms with Crippen molar-refractivity contribution in [1.82, 2.24) is 20.3 Å². The summed E-state index contributed by atoms with van der Waals surface area (Å²) in [6.45, 7) is 3.26. The highest BCUT2D eigenvalue weighted by molar-refractivity contribution is 8.76. The van der Waals surface area contributed by atoms with Crippen molar-refractivity contribution >= 4 is 33.5 Å². The molecule has 0 atom stereocenters. The molecule has 2 N–H and O–H groups in total. The van der Waals surface area contributed by atoms with Crippen LogP contribution in [-0.2, 0) is 11.3 Å². The lowest BCUT2D eigenvalue weighted by molar-refractivity contribution is -0.136. The van der Waals surface area contributed by atoms with Crippen LogP contribution >= 0.6 is 21.6 Å². The zero-order valence-electron chi connectivity index (χ0n) is 13.9. The van der Waals surface area contributed by atoms with Gasteiger partial charge in [0.2, 0.25) is 0 Å². The summed E-state index contributed by atoms with van der Waals surface area (Å²) in [5, 5.41) is 19.5. The van der Waals surface area contributed by atoms with Crippen LogP contribution in [-0.4, -0.2) is 50.0 Å². The van der Waals surface area contributed by atoms with Gasteiger partial charge in [-0.1, -0.05) is 39.6 Å². The fourth-order valence-corrected chi connectivity index (χ4v) is 4.60. The van der Waals surface area contributed by atoms with Gasteiger partial charge in [0.05, 0.1) is 12.1 Å². The van der Waals surface area contributed by atoms with Gasteiger partial charge >= 0.3 is 5.97 Å². The number of carboxylic acids is 1. The van der Waals surface area contributed by atoms with Crippen molar-refractivity contribution in [2.45, 2.75) is 45.6 Å². The molecule has 0 spiro atoms. The van der Waals surface area contributed by atoms with Gasteiger partial charge in [-0.25, -0.2) is 4.68 Å². The number of nitrogens with zero attached hydrogens (tertiary/aromatic N) is 3. The Morgan fingerprint density at radius 3 is 2.71 bits per heavy atom. The Labute approximate surface area is 149 Å². The third-order valence-electron chi connectivity index (χ3n) is 4.06. The number of hydrogen-bond acceptors (Lipinski definition) is 6. The molecule has 1 fully saturated rings. The number of aromatic nitrogens is 3. The Kier molecular flexibility index (Phi) is 7.90. The van der Waals surface area contributed by atoms with Crippen molar-refractivity contribution in [3.05, 3.63) is 11.4 Å². The van der Waals surface area contributed by atoms with E-state index in [0.717, 1.165) is 18.0 Å². The first-order valence-electron chi connectivity index (χ1n) is 8.22. The Morgan fingerprint density at radius 2 is 2.00 bits per heavy atom. The van der Waals surface area contributed by atoms with Crippen LogP contribution < -0.4 is 5.32 Å². The highest BCUT2D eigenvalue weighted by atomic mass is 33.1. The number of amides is 1. The normalized spacial score (nSPS) is 14.9. The van der Waals surface area contributed by atoms with E-state index in [9.17, 15) is 9.59 Å². The molecular formula is C15H24N4O3S2. The van der Waals surface area contributed by atoms with Crippen molar-refractivity contribution in [1.29, 1.82) is 0 Å². The number of aliphatic carboxylic acids is 1. The van der Waals surface area contributed by atoms with Gasteiger partial charge in [-0.3, -0.25) is 9.59 Å². The summed E-state index contributed by atoms with van der Waals surface area (Å²) in [6, 6.07) is 0. The predicted molar refractivity (Wildman–Crippen MR) is 96.2 cm³/mol. The molecule has 1 aromatic rings. The third kappa shape index (κ3) is 6.01. The van der Waals surface area contributed by atoms with Gasteiger partial charge in [0, 0.05) is 24.6 Å². The molecule has 1 saturated carbocycles. The third-order valence-corrected chi connectivity index (χ3v) is 6.47. The summed E-state index contributed by atoms with van der Waals surface area (Å²) in [5.74, 6) is 0.975. The second kappa shape index (κ2) is 9.93. The molecule has 2 rings (SSSR count). The van der Waals surface area contributed by atoms with Crippen molar-refractivity contribution in [2.75, 3.05) is 18.1 Å². The van der Waals surface area contributed by atoms with Crippen molar-refractivity contribution in [2.24, 2.45) is 5.92 Å². The van der Waals surface area contributed by atoms with Crippen LogP contribution in [0.5, 0.6) is 0 Å². The molecular weight excluding hydrogens is 348 g/mol.